The summed E-state index contributed by atoms with van der Waals surface area (Å²) in [5.41, 5.74) is 2.69. The molecule has 0 fully saturated rings. The highest BCUT2D eigenvalue weighted by Crippen LogP contribution is 2.22. The van der Waals surface area contributed by atoms with Crippen LogP contribution < -0.4 is 5.32 Å². The predicted molar refractivity (Wildman–Crippen MR) is 93.4 cm³/mol. The average Bonchev–Trinajstić information content (AvgIpc) is 2.87. The fourth-order valence-corrected chi connectivity index (χ4v) is 2.92. The molecular weight excluding hydrogens is 310 g/mol. The van der Waals surface area contributed by atoms with E-state index in [2.05, 4.69) is 5.32 Å². The molecule has 0 bridgehead atoms. The van der Waals surface area contributed by atoms with Crippen LogP contribution >= 0.6 is 11.3 Å². The average molecular weight is 331 g/mol. The van der Waals surface area contributed by atoms with E-state index in [0.717, 1.165) is 23.3 Å². The first-order chi connectivity index (χ1) is 11.0. The van der Waals surface area contributed by atoms with Gasteiger partial charge >= 0.3 is 5.97 Å². The van der Waals surface area contributed by atoms with Gasteiger partial charge in [-0.1, -0.05) is 19.4 Å². The fraction of sp³-hybridized carbons (Fsp3) is 0.333. The number of amides is 1. The fourth-order valence-electron chi connectivity index (χ4n) is 2.05. The smallest absolute Gasteiger partial charge is 0.338 e. The summed E-state index contributed by atoms with van der Waals surface area (Å²) in [6, 6.07) is 6.82. The quantitative estimate of drug-likeness (QED) is 0.623. The first-order valence-electron chi connectivity index (χ1n) is 7.66. The van der Waals surface area contributed by atoms with Crippen LogP contribution in [-0.2, 0) is 4.74 Å². The highest BCUT2D eigenvalue weighted by molar-refractivity contribution is 7.10. The SMILES string of the molecule is CCCCOC(=O)c1cccc(NC(=O)c2csc(C)c2C)c1. The number of carbonyl (C=O) groups is 2. The molecule has 0 saturated carbocycles. The van der Waals surface area contributed by atoms with Crippen LogP contribution in [0, 0.1) is 13.8 Å². The zero-order valence-electron chi connectivity index (χ0n) is 13.6. The van der Waals surface area contributed by atoms with E-state index in [1.807, 2.05) is 26.2 Å². The van der Waals surface area contributed by atoms with Crippen molar-refractivity contribution in [2.75, 3.05) is 11.9 Å². The van der Waals surface area contributed by atoms with Gasteiger partial charge in [-0.05, 0) is 44.0 Å². The lowest BCUT2D eigenvalue weighted by molar-refractivity contribution is 0.0499. The van der Waals surface area contributed by atoms with Crippen LogP contribution in [0.5, 0.6) is 0 Å². The topological polar surface area (TPSA) is 55.4 Å². The third kappa shape index (κ3) is 4.42. The van der Waals surface area contributed by atoms with Gasteiger partial charge in [-0.15, -0.1) is 11.3 Å². The van der Waals surface area contributed by atoms with E-state index in [9.17, 15) is 9.59 Å². The number of esters is 1. The van der Waals surface area contributed by atoms with Gasteiger partial charge in [-0.3, -0.25) is 4.79 Å². The van der Waals surface area contributed by atoms with Crippen molar-refractivity contribution >= 4 is 28.9 Å². The molecule has 1 heterocycles. The Labute approximate surface area is 140 Å². The lowest BCUT2D eigenvalue weighted by Crippen LogP contribution is -2.13. The summed E-state index contributed by atoms with van der Waals surface area (Å²) in [6.07, 6.45) is 1.82. The van der Waals surface area contributed by atoms with Crippen molar-refractivity contribution in [3.8, 4) is 0 Å². The molecule has 1 N–H and O–H groups in total. The number of unbranched alkanes of at least 4 members (excludes halogenated alkanes) is 1. The molecule has 1 aromatic carbocycles. The molecule has 1 aromatic heterocycles. The minimum atomic E-state index is -0.364. The second kappa shape index (κ2) is 7.92. The summed E-state index contributed by atoms with van der Waals surface area (Å²) < 4.78 is 5.19. The van der Waals surface area contributed by atoms with Crippen LogP contribution in [-0.4, -0.2) is 18.5 Å². The highest BCUT2D eigenvalue weighted by atomic mass is 32.1. The number of hydrogen-bond donors (Lipinski definition) is 1. The van der Waals surface area contributed by atoms with Gasteiger partial charge < -0.3 is 10.1 Å². The van der Waals surface area contributed by atoms with Gasteiger partial charge in [0.2, 0.25) is 0 Å². The number of anilines is 1. The van der Waals surface area contributed by atoms with Gasteiger partial charge in [0.1, 0.15) is 0 Å². The van der Waals surface area contributed by atoms with E-state index in [1.165, 1.54) is 0 Å². The molecule has 0 aliphatic carbocycles. The van der Waals surface area contributed by atoms with Crippen LogP contribution in [0.2, 0.25) is 0 Å². The Kier molecular flexibility index (Phi) is 5.93. The second-order valence-corrected chi connectivity index (χ2v) is 6.44. The van der Waals surface area contributed by atoms with E-state index in [0.29, 0.717) is 23.4 Å². The van der Waals surface area contributed by atoms with E-state index >= 15 is 0 Å². The summed E-state index contributed by atoms with van der Waals surface area (Å²) in [5, 5.41) is 4.68. The Balaban J connectivity index is 2.06. The van der Waals surface area contributed by atoms with E-state index in [1.54, 1.807) is 35.6 Å². The number of hydrogen-bond acceptors (Lipinski definition) is 4. The van der Waals surface area contributed by atoms with Crippen LogP contribution in [0.4, 0.5) is 5.69 Å². The molecule has 0 atom stereocenters. The number of aryl methyl sites for hydroxylation is 1. The maximum absolute atomic E-state index is 12.3. The van der Waals surface area contributed by atoms with Crippen molar-refractivity contribution in [3.63, 3.8) is 0 Å². The molecule has 122 valence electrons. The maximum atomic E-state index is 12.3. The third-order valence-electron chi connectivity index (χ3n) is 3.62. The van der Waals surface area contributed by atoms with E-state index in [-0.39, 0.29) is 11.9 Å². The highest BCUT2D eigenvalue weighted by Gasteiger charge is 2.14. The minimum absolute atomic E-state index is 0.164. The van der Waals surface area contributed by atoms with Crippen molar-refractivity contribution < 1.29 is 14.3 Å². The van der Waals surface area contributed by atoms with Gasteiger partial charge in [0.05, 0.1) is 17.7 Å². The van der Waals surface area contributed by atoms with Crippen molar-refractivity contribution in [3.05, 3.63) is 51.2 Å². The number of thiophene rings is 1. The van der Waals surface area contributed by atoms with Gasteiger partial charge in [-0.2, -0.15) is 0 Å². The zero-order chi connectivity index (χ0) is 16.8. The van der Waals surface area contributed by atoms with Crippen LogP contribution in [0.25, 0.3) is 0 Å². The number of benzene rings is 1. The lowest BCUT2D eigenvalue weighted by Gasteiger charge is -2.08. The lowest BCUT2D eigenvalue weighted by atomic mass is 10.1. The molecule has 2 rings (SSSR count). The molecule has 0 saturated heterocycles. The summed E-state index contributed by atoms with van der Waals surface area (Å²) in [4.78, 5) is 25.4. The van der Waals surface area contributed by atoms with Gasteiger partial charge in [0.15, 0.2) is 0 Å². The Morgan fingerprint density at radius 1 is 1.26 bits per heavy atom. The Hall–Kier alpha value is -2.14. The van der Waals surface area contributed by atoms with E-state index < -0.39 is 0 Å². The molecule has 0 unspecified atom stereocenters. The molecule has 0 aliphatic rings. The zero-order valence-corrected chi connectivity index (χ0v) is 14.5. The standard InChI is InChI=1S/C18H21NO3S/c1-4-5-9-22-18(21)14-7-6-8-15(10-14)19-17(20)16-11-23-13(3)12(16)2/h6-8,10-11H,4-5,9H2,1-3H3,(H,19,20). The first kappa shape index (κ1) is 17.2. The Morgan fingerprint density at radius 2 is 2.04 bits per heavy atom. The monoisotopic (exact) mass is 331 g/mol. The third-order valence-corrected chi connectivity index (χ3v) is 4.63. The normalized spacial score (nSPS) is 10.4. The van der Waals surface area contributed by atoms with E-state index in [4.69, 9.17) is 4.74 Å². The molecule has 2 aromatic rings. The molecule has 23 heavy (non-hydrogen) atoms. The summed E-state index contributed by atoms with van der Waals surface area (Å²) in [6.45, 7) is 6.38. The van der Waals surface area contributed by atoms with Crippen molar-refractivity contribution in [2.24, 2.45) is 0 Å². The van der Waals surface area contributed by atoms with Crippen molar-refractivity contribution in [2.45, 2.75) is 33.6 Å². The van der Waals surface area contributed by atoms with Crippen LogP contribution in [0.1, 0.15) is 50.9 Å². The molecule has 0 spiro atoms. The minimum Gasteiger partial charge on any atom is -0.462 e. The molecule has 4 nitrogen and oxygen atoms in total. The van der Waals surface area contributed by atoms with Gasteiger partial charge in [0, 0.05) is 15.9 Å². The largest absolute Gasteiger partial charge is 0.462 e. The van der Waals surface area contributed by atoms with Crippen LogP contribution in [0.15, 0.2) is 29.6 Å². The molecule has 1 amide bonds. The first-order valence-corrected chi connectivity index (χ1v) is 8.54. The molecule has 0 radical (unpaired) electrons. The molecule has 0 aliphatic heterocycles. The summed E-state index contributed by atoms with van der Waals surface area (Å²) in [5.74, 6) is -0.527. The predicted octanol–water partition coefficient (Wildman–Crippen LogP) is 4.57. The molecular formula is C18H21NO3S. The molecule has 5 heteroatoms. The number of rotatable bonds is 6. The van der Waals surface area contributed by atoms with Gasteiger partial charge in [0.25, 0.3) is 5.91 Å². The van der Waals surface area contributed by atoms with Crippen LogP contribution in [0.3, 0.4) is 0 Å². The summed E-state index contributed by atoms with van der Waals surface area (Å²) >= 11 is 1.55. The Bertz CT molecular complexity index is 706. The number of carbonyl (C=O) groups excluding carboxylic acids is 2. The second-order valence-electron chi connectivity index (χ2n) is 5.35. The summed E-state index contributed by atoms with van der Waals surface area (Å²) in [7, 11) is 0. The van der Waals surface area contributed by atoms with Crippen molar-refractivity contribution in [1.29, 1.82) is 0 Å². The van der Waals surface area contributed by atoms with Gasteiger partial charge in [-0.25, -0.2) is 4.79 Å². The number of ether oxygens (including phenoxy) is 1. The number of nitrogens with one attached hydrogen (secondary N) is 1. The Morgan fingerprint density at radius 3 is 2.70 bits per heavy atom. The van der Waals surface area contributed by atoms with Crippen molar-refractivity contribution in [1.82, 2.24) is 0 Å². The maximum Gasteiger partial charge on any atom is 0.338 e.